The highest BCUT2D eigenvalue weighted by molar-refractivity contribution is 5.86. The Bertz CT molecular complexity index is 728. The number of piperidine rings is 1. The lowest BCUT2D eigenvalue weighted by molar-refractivity contribution is -0.137. The van der Waals surface area contributed by atoms with E-state index in [0.29, 0.717) is 44.8 Å². The number of rotatable bonds is 4. The second-order valence-corrected chi connectivity index (χ2v) is 8.36. The Morgan fingerprint density at radius 1 is 1.14 bits per heavy atom. The third-order valence-electron chi connectivity index (χ3n) is 5.00. The fourth-order valence-corrected chi connectivity index (χ4v) is 3.63. The summed E-state index contributed by atoms with van der Waals surface area (Å²) in [5.41, 5.74) is -0.577. The number of amides is 2. The van der Waals surface area contributed by atoms with Crippen molar-refractivity contribution >= 4 is 12.0 Å². The van der Waals surface area contributed by atoms with E-state index in [1.165, 1.54) is 7.11 Å². The number of carbonyl (C=O) groups is 2. The molecule has 2 aliphatic heterocycles. The molecule has 3 heterocycles. The molecule has 0 spiro atoms. The number of hydrogen-bond donors (Lipinski definition) is 0. The maximum atomic E-state index is 13.0. The Hall–Kier alpha value is -2.58. The Balaban J connectivity index is 1.53. The van der Waals surface area contributed by atoms with Gasteiger partial charge in [0.2, 0.25) is 11.8 Å². The average molecular weight is 406 g/mol. The molecule has 1 aromatic heterocycles. The van der Waals surface area contributed by atoms with Crippen LogP contribution < -0.4 is 9.47 Å². The van der Waals surface area contributed by atoms with Crippen LogP contribution in [0.1, 0.15) is 46.5 Å². The Kier molecular flexibility index (Phi) is 6.44. The average Bonchev–Trinajstić information content (AvgIpc) is 3.17. The molecule has 1 atom stereocenters. The summed E-state index contributed by atoms with van der Waals surface area (Å²) >= 11 is 0. The third-order valence-corrected chi connectivity index (χ3v) is 5.00. The first-order chi connectivity index (χ1) is 13.8. The van der Waals surface area contributed by atoms with Crippen LogP contribution in [0.15, 0.2) is 12.3 Å². The molecule has 0 aliphatic carbocycles. The zero-order valence-electron chi connectivity index (χ0n) is 17.6. The molecule has 1 unspecified atom stereocenters. The molecule has 9 nitrogen and oxygen atoms in total. The molecule has 2 amide bonds. The van der Waals surface area contributed by atoms with Gasteiger partial charge in [0, 0.05) is 44.7 Å². The quantitative estimate of drug-likeness (QED) is 0.757. The fourth-order valence-electron chi connectivity index (χ4n) is 3.63. The van der Waals surface area contributed by atoms with Crippen LogP contribution >= 0.6 is 0 Å². The van der Waals surface area contributed by atoms with Gasteiger partial charge in [0.15, 0.2) is 0 Å². The summed E-state index contributed by atoms with van der Waals surface area (Å²) in [6.45, 7) is 7.22. The maximum absolute atomic E-state index is 13.0. The molecule has 2 fully saturated rings. The summed E-state index contributed by atoms with van der Waals surface area (Å²) in [6.07, 6.45) is 4.05. The van der Waals surface area contributed by atoms with E-state index in [1.807, 2.05) is 25.7 Å². The van der Waals surface area contributed by atoms with Crippen LogP contribution in [0, 0.1) is 0 Å². The molecule has 0 N–H and O–H groups in total. The predicted molar refractivity (Wildman–Crippen MR) is 105 cm³/mol. The van der Waals surface area contributed by atoms with Crippen LogP contribution in [0.5, 0.6) is 11.9 Å². The summed E-state index contributed by atoms with van der Waals surface area (Å²) < 4.78 is 16.4. The number of carbonyl (C=O) groups excluding carboxylic acids is 2. The molecule has 29 heavy (non-hydrogen) atoms. The van der Waals surface area contributed by atoms with Gasteiger partial charge in [0.25, 0.3) is 0 Å². The van der Waals surface area contributed by atoms with E-state index in [9.17, 15) is 9.59 Å². The van der Waals surface area contributed by atoms with Crippen molar-refractivity contribution in [3.05, 3.63) is 12.3 Å². The van der Waals surface area contributed by atoms with Crippen LogP contribution in [0.25, 0.3) is 0 Å². The highest BCUT2D eigenvalue weighted by Gasteiger charge is 2.39. The number of likely N-dealkylation sites (tertiary alicyclic amines) is 2. The van der Waals surface area contributed by atoms with E-state index >= 15 is 0 Å². The summed E-state index contributed by atoms with van der Waals surface area (Å²) in [4.78, 5) is 37.0. The van der Waals surface area contributed by atoms with Gasteiger partial charge in [-0.05, 0) is 33.6 Å². The van der Waals surface area contributed by atoms with Gasteiger partial charge in [-0.3, -0.25) is 9.69 Å². The standard InChI is InChI=1S/C20H30N4O5/c1-20(2,3)29-19(26)24-11-5-6-15(24)17(25)23-12-8-14(9-13-23)28-16-7-10-21-18(22-16)27-4/h7,10,14-15H,5-6,8-9,11-13H2,1-4H3. The normalized spacial score (nSPS) is 20.5. The monoisotopic (exact) mass is 406 g/mol. The maximum Gasteiger partial charge on any atom is 0.410 e. The molecule has 9 heteroatoms. The first kappa shape index (κ1) is 21.1. The van der Waals surface area contributed by atoms with Crippen molar-refractivity contribution in [1.29, 1.82) is 0 Å². The van der Waals surface area contributed by atoms with E-state index in [2.05, 4.69) is 9.97 Å². The Morgan fingerprint density at radius 2 is 1.86 bits per heavy atom. The molecule has 3 rings (SSSR count). The smallest absolute Gasteiger partial charge is 0.410 e. The first-order valence-corrected chi connectivity index (χ1v) is 10.1. The SMILES string of the molecule is COc1nccc(OC2CCN(C(=O)C3CCCN3C(=O)OC(C)(C)C)CC2)n1. The van der Waals surface area contributed by atoms with Crippen molar-refractivity contribution in [3.8, 4) is 11.9 Å². The summed E-state index contributed by atoms with van der Waals surface area (Å²) in [6, 6.07) is 1.52. The molecule has 160 valence electrons. The first-order valence-electron chi connectivity index (χ1n) is 10.1. The summed E-state index contributed by atoms with van der Waals surface area (Å²) in [7, 11) is 1.51. The molecular formula is C20H30N4O5. The van der Waals surface area contributed by atoms with E-state index in [4.69, 9.17) is 14.2 Å². The number of ether oxygens (including phenoxy) is 3. The predicted octanol–water partition coefficient (Wildman–Crippen LogP) is 2.25. The zero-order valence-corrected chi connectivity index (χ0v) is 17.6. The third kappa shape index (κ3) is 5.48. The lowest BCUT2D eigenvalue weighted by Crippen LogP contribution is -2.51. The van der Waals surface area contributed by atoms with E-state index < -0.39 is 17.7 Å². The van der Waals surface area contributed by atoms with Crippen LogP contribution in [0.4, 0.5) is 4.79 Å². The van der Waals surface area contributed by atoms with Gasteiger partial charge in [-0.15, -0.1) is 0 Å². The minimum atomic E-state index is -0.577. The van der Waals surface area contributed by atoms with E-state index in [0.717, 1.165) is 6.42 Å². The Labute approximate surface area is 171 Å². The van der Waals surface area contributed by atoms with Crippen LogP contribution in [0.2, 0.25) is 0 Å². The van der Waals surface area contributed by atoms with Gasteiger partial charge in [0.05, 0.1) is 7.11 Å². The van der Waals surface area contributed by atoms with Crippen molar-refractivity contribution in [2.45, 2.75) is 64.2 Å². The second kappa shape index (κ2) is 8.84. The van der Waals surface area contributed by atoms with Crippen LogP contribution in [-0.2, 0) is 9.53 Å². The number of methoxy groups -OCH3 is 1. The van der Waals surface area contributed by atoms with Crippen molar-refractivity contribution in [2.75, 3.05) is 26.7 Å². The lowest BCUT2D eigenvalue weighted by atomic mass is 10.1. The zero-order chi connectivity index (χ0) is 21.0. The van der Waals surface area contributed by atoms with Gasteiger partial charge in [0.1, 0.15) is 17.7 Å². The molecule has 0 aromatic carbocycles. The van der Waals surface area contributed by atoms with Gasteiger partial charge >= 0.3 is 12.1 Å². The molecule has 2 saturated heterocycles. The van der Waals surface area contributed by atoms with E-state index in [-0.39, 0.29) is 18.0 Å². The lowest BCUT2D eigenvalue weighted by Gasteiger charge is -2.35. The molecule has 1 aromatic rings. The van der Waals surface area contributed by atoms with Gasteiger partial charge < -0.3 is 19.1 Å². The molecular weight excluding hydrogens is 376 g/mol. The Morgan fingerprint density at radius 3 is 2.52 bits per heavy atom. The van der Waals surface area contributed by atoms with Crippen LogP contribution in [-0.4, -0.2) is 76.3 Å². The highest BCUT2D eigenvalue weighted by Crippen LogP contribution is 2.25. The van der Waals surface area contributed by atoms with Crippen molar-refractivity contribution in [2.24, 2.45) is 0 Å². The van der Waals surface area contributed by atoms with Gasteiger partial charge in [-0.1, -0.05) is 0 Å². The topological polar surface area (TPSA) is 94.1 Å². The molecule has 0 radical (unpaired) electrons. The second-order valence-electron chi connectivity index (χ2n) is 8.36. The highest BCUT2D eigenvalue weighted by atomic mass is 16.6. The largest absolute Gasteiger partial charge is 0.474 e. The molecule has 0 saturated carbocycles. The number of hydrogen-bond acceptors (Lipinski definition) is 7. The van der Waals surface area contributed by atoms with E-state index in [1.54, 1.807) is 17.2 Å². The fraction of sp³-hybridized carbons (Fsp3) is 0.700. The van der Waals surface area contributed by atoms with Gasteiger partial charge in [-0.25, -0.2) is 9.78 Å². The number of nitrogens with zero attached hydrogens (tertiary/aromatic N) is 4. The van der Waals surface area contributed by atoms with Crippen LogP contribution in [0.3, 0.4) is 0 Å². The van der Waals surface area contributed by atoms with Crippen molar-refractivity contribution in [3.63, 3.8) is 0 Å². The van der Waals surface area contributed by atoms with Crippen molar-refractivity contribution in [1.82, 2.24) is 19.8 Å². The van der Waals surface area contributed by atoms with Crippen molar-refractivity contribution < 1.29 is 23.8 Å². The summed E-state index contributed by atoms with van der Waals surface area (Å²) in [5.74, 6) is 0.462. The number of aromatic nitrogens is 2. The minimum Gasteiger partial charge on any atom is -0.474 e. The molecule has 2 aliphatic rings. The minimum absolute atomic E-state index is 0.00415. The molecule has 0 bridgehead atoms. The van der Waals surface area contributed by atoms with Gasteiger partial charge in [-0.2, -0.15) is 4.98 Å². The summed E-state index contributed by atoms with van der Waals surface area (Å²) in [5, 5.41) is 0.